The molecule has 0 aromatic heterocycles. The Morgan fingerprint density at radius 3 is 2.25 bits per heavy atom. The summed E-state index contributed by atoms with van der Waals surface area (Å²) >= 11 is 0. The molecule has 2 nitrogen and oxygen atoms in total. The molecule has 0 bridgehead atoms. The van der Waals surface area contributed by atoms with Crippen LogP contribution in [0.5, 0.6) is 5.75 Å². The molecule has 16 heavy (non-hydrogen) atoms. The van der Waals surface area contributed by atoms with Gasteiger partial charge in [0.05, 0.1) is 0 Å². The molecule has 0 unspecified atom stereocenters. The summed E-state index contributed by atoms with van der Waals surface area (Å²) in [6.45, 7) is 8.22. The fraction of sp³-hybridized carbons (Fsp3) is 0.571. The van der Waals surface area contributed by atoms with Crippen molar-refractivity contribution in [3.8, 4) is 5.75 Å². The van der Waals surface area contributed by atoms with Gasteiger partial charge in [0, 0.05) is 6.54 Å². The zero-order valence-electron chi connectivity index (χ0n) is 10.9. The molecule has 0 spiro atoms. The number of nitrogens with zero attached hydrogens (tertiary/aromatic N) is 1. The summed E-state index contributed by atoms with van der Waals surface area (Å²) in [5, 5.41) is 9.69. The minimum atomic E-state index is 0.431. The van der Waals surface area contributed by atoms with Crippen LogP contribution in [0, 0.1) is 13.8 Å². The molecule has 0 radical (unpaired) electrons. The summed E-state index contributed by atoms with van der Waals surface area (Å²) in [7, 11) is 2.15. The third-order valence-corrected chi connectivity index (χ3v) is 2.90. The Hall–Kier alpha value is -1.02. The Balaban J connectivity index is 2.67. The fourth-order valence-corrected chi connectivity index (χ4v) is 1.96. The van der Waals surface area contributed by atoms with E-state index < -0.39 is 0 Å². The van der Waals surface area contributed by atoms with Crippen LogP contribution in [0.3, 0.4) is 0 Å². The van der Waals surface area contributed by atoms with Crippen LogP contribution in [0.1, 0.15) is 36.5 Å². The number of hydrogen-bond donors (Lipinski definition) is 1. The van der Waals surface area contributed by atoms with Gasteiger partial charge in [-0.3, -0.25) is 0 Å². The lowest BCUT2D eigenvalue weighted by Gasteiger charge is -2.17. The molecule has 0 saturated carbocycles. The van der Waals surface area contributed by atoms with Crippen molar-refractivity contribution >= 4 is 0 Å². The second-order valence-corrected chi connectivity index (χ2v) is 4.67. The summed E-state index contributed by atoms with van der Waals surface area (Å²) in [4.78, 5) is 2.33. The normalized spacial score (nSPS) is 11.1. The Morgan fingerprint density at radius 2 is 1.75 bits per heavy atom. The van der Waals surface area contributed by atoms with Crippen LogP contribution in [-0.4, -0.2) is 23.6 Å². The molecule has 0 atom stereocenters. The van der Waals surface area contributed by atoms with Crippen molar-refractivity contribution < 1.29 is 5.11 Å². The van der Waals surface area contributed by atoms with Crippen LogP contribution in [0.2, 0.25) is 0 Å². The maximum absolute atomic E-state index is 9.69. The Morgan fingerprint density at radius 1 is 1.19 bits per heavy atom. The van der Waals surface area contributed by atoms with Crippen LogP contribution in [0.4, 0.5) is 0 Å². The van der Waals surface area contributed by atoms with Gasteiger partial charge in [-0.2, -0.15) is 0 Å². The van der Waals surface area contributed by atoms with Crippen molar-refractivity contribution in [3.63, 3.8) is 0 Å². The molecule has 0 aliphatic heterocycles. The average Bonchev–Trinajstić information content (AvgIpc) is 2.23. The standard InChI is InChI=1S/C14H23NO/c1-5-6-7-15(4)10-13-8-11(2)14(16)12(3)9-13/h8-9,16H,5-7,10H2,1-4H3. The van der Waals surface area contributed by atoms with E-state index in [0.717, 1.165) is 24.2 Å². The first-order valence-corrected chi connectivity index (χ1v) is 6.02. The number of unbranched alkanes of at least 4 members (excludes halogenated alkanes) is 1. The second-order valence-electron chi connectivity index (χ2n) is 4.67. The molecular weight excluding hydrogens is 198 g/mol. The van der Waals surface area contributed by atoms with E-state index in [4.69, 9.17) is 0 Å². The van der Waals surface area contributed by atoms with Crippen LogP contribution in [-0.2, 0) is 6.54 Å². The van der Waals surface area contributed by atoms with Crippen molar-refractivity contribution in [1.82, 2.24) is 4.90 Å². The molecule has 1 rings (SSSR count). The van der Waals surface area contributed by atoms with Gasteiger partial charge < -0.3 is 10.0 Å². The smallest absolute Gasteiger partial charge is 0.121 e. The molecule has 0 saturated heterocycles. The van der Waals surface area contributed by atoms with Gasteiger partial charge in [0.15, 0.2) is 0 Å². The summed E-state index contributed by atoms with van der Waals surface area (Å²) in [6, 6.07) is 4.15. The van der Waals surface area contributed by atoms with Crippen LogP contribution in [0.15, 0.2) is 12.1 Å². The first-order chi connectivity index (χ1) is 7.54. The van der Waals surface area contributed by atoms with Crippen molar-refractivity contribution in [1.29, 1.82) is 0 Å². The predicted molar refractivity (Wildman–Crippen MR) is 68.8 cm³/mol. The molecule has 1 aromatic rings. The Bertz CT molecular complexity index is 324. The number of aryl methyl sites for hydroxylation is 2. The van der Waals surface area contributed by atoms with Gasteiger partial charge >= 0.3 is 0 Å². The molecule has 2 heteroatoms. The first kappa shape index (κ1) is 13.0. The van der Waals surface area contributed by atoms with Crippen LogP contribution in [0.25, 0.3) is 0 Å². The second kappa shape index (κ2) is 5.90. The number of benzene rings is 1. The summed E-state index contributed by atoms with van der Waals surface area (Å²) in [5.74, 6) is 0.431. The summed E-state index contributed by atoms with van der Waals surface area (Å²) < 4.78 is 0. The Kier molecular flexibility index (Phi) is 4.81. The van der Waals surface area contributed by atoms with Crippen LogP contribution >= 0.6 is 0 Å². The highest BCUT2D eigenvalue weighted by molar-refractivity contribution is 5.42. The fourth-order valence-electron chi connectivity index (χ4n) is 1.96. The van der Waals surface area contributed by atoms with Crippen molar-refractivity contribution in [2.24, 2.45) is 0 Å². The Labute approximate surface area is 98.9 Å². The largest absolute Gasteiger partial charge is 0.507 e. The average molecular weight is 221 g/mol. The van der Waals surface area contributed by atoms with Gasteiger partial charge in [0.2, 0.25) is 0 Å². The zero-order chi connectivity index (χ0) is 12.1. The van der Waals surface area contributed by atoms with Gasteiger partial charge in [0.25, 0.3) is 0 Å². The van der Waals surface area contributed by atoms with Gasteiger partial charge in [-0.1, -0.05) is 25.5 Å². The monoisotopic (exact) mass is 221 g/mol. The lowest BCUT2D eigenvalue weighted by molar-refractivity contribution is 0.320. The highest BCUT2D eigenvalue weighted by Gasteiger charge is 2.05. The molecule has 0 amide bonds. The third-order valence-electron chi connectivity index (χ3n) is 2.90. The highest BCUT2D eigenvalue weighted by Crippen LogP contribution is 2.23. The molecule has 0 aliphatic rings. The topological polar surface area (TPSA) is 23.5 Å². The number of hydrogen-bond acceptors (Lipinski definition) is 2. The number of phenols is 1. The maximum atomic E-state index is 9.69. The lowest BCUT2D eigenvalue weighted by Crippen LogP contribution is -2.19. The molecule has 0 fully saturated rings. The first-order valence-electron chi connectivity index (χ1n) is 6.02. The van der Waals surface area contributed by atoms with Crippen molar-refractivity contribution in [3.05, 3.63) is 28.8 Å². The van der Waals surface area contributed by atoms with E-state index in [9.17, 15) is 5.11 Å². The summed E-state index contributed by atoms with van der Waals surface area (Å²) in [5.41, 5.74) is 3.23. The minimum Gasteiger partial charge on any atom is -0.507 e. The molecule has 90 valence electrons. The highest BCUT2D eigenvalue weighted by atomic mass is 16.3. The SMILES string of the molecule is CCCCN(C)Cc1cc(C)c(O)c(C)c1. The quantitative estimate of drug-likeness (QED) is 0.825. The van der Waals surface area contributed by atoms with Crippen LogP contribution < -0.4 is 0 Å². The predicted octanol–water partition coefficient (Wildman–Crippen LogP) is 3.24. The van der Waals surface area contributed by atoms with E-state index in [1.54, 1.807) is 0 Å². The number of rotatable bonds is 5. The zero-order valence-corrected chi connectivity index (χ0v) is 10.9. The third kappa shape index (κ3) is 3.53. The van der Waals surface area contributed by atoms with E-state index in [0.29, 0.717) is 5.75 Å². The van der Waals surface area contributed by atoms with Gasteiger partial charge in [-0.25, -0.2) is 0 Å². The number of aromatic hydroxyl groups is 1. The van der Waals surface area contributed by atoms with E-state index >= 15 is 0 Å². The molecular formula is C14H23NO. The van der Waals surface area contributed by atoms with E-state index in [2.05, 4.69) is 31.0 Å². The van der Waals surface area contributed by atoms with Gasteiger partial charge in [-0.05, 0) is 50.6 Å². The van der Waals surface area contributed by atoms with Crippen molar-refractivity contribution in [2.75, 3.05) is 13.6 Å². The lowest BCUT2D eigenvalue weighted by atomic mass is 10.1. The number of phenolic OH excluding ortho intramolecular Hbond substituents is 1. The van der Waals surface area contributed by atoms with Gasteiger partial charge in [-0.15, -0.1) is 0 Å². The molecule has 0 aliphatic carbocycles. The molecule has 1 aromatic carbocycles. The minimum absolute atomic E-state index is 0.431. The maximum Gasteiger partial charge on any atom is 0.121 e. The molecule has 1 N–H and O–H groups in total. The van der Waals surface area contributed by atoms with Crippen molar-refractivity contribution in [2.45, 2.75) is 40.2 Å². The summed E-state index contributed by atoms with van der Waals surface area (Å²) in [6.07, 6.45) is 2.48. The van der Waals surface area contributed by atoms with E-state index in [1.165, 1.54) is 18.4 Å². The van der Waals surface area contributed by atoms with Gasteiger partial charge in [0.1, 0.15) is 5.75 Å². The van der Waals surface area contributed by atoms with E-state index in [1.807, 2.05) is 13.8 Å². The molecule has 0 heterocycles. The van der Waals surface area contributed by atoms with E-state index in [-0.39, 0.29) is 0 Å².